The Labute approximate surface area is 690 Å². The fourth-order valence-corrected chi connectivity index (χ4v) is 20.5. The monoisotopic (exact) mass is 1520 g/mol. The van der Waals surface area contributed by atoms with Crippen molar-refractivity contribution in [3.8, 4) is 78.4 Å². The van der Waals surface area contributed by atoms with E-state index in [-0.39, 0.29) is 12.1 Å². The predicted octanol–water partition coefficient (Wildman–Crippen LogP) is 27.8. The van der Waals surface area contributed by atoms with Crippen LogP contribution >= 0.6 is 0 Å². The molecule has 0 fully saturated rings. The number of rotatable bonds is 11. The van der Waals surface area contributed by atoms with Crippen LogP contribution in [0.5, 0.6) is 0 Å². The van der Waals surface area contributed by atoms with Gasteiger partial charge in [-0.2, -0.15) is 0 Å². The second-order valence-electron chi connectivity index (χ2n) is 33.0. The minimum Gasteiger partial charge on any atom is -0.311 e. The molecule has 0 amide bonds. The summed E-state index contributed by atoms with van der Waals surface area (Å²) in [4.78, 5) is 5.32. The van der Waals surface area contributed by atoms with Gasteiger partial charge in [0.15, 0.2) is 0 Å². The van der Waals surface area contributed by atoms with Crippen LogP contribution in [-0.4, -0.2) is 25.0 Å². The summed E-state index contributed by atoms with van der Waals surface area (Å²) < 4.78 is 10.2. The molecular weight excluding hydrogens is 1440 g/mol. The van der Waals surface area contributed by atoms with Gasteiger partial charge in [-0.05, 0) is 158 Å². The van der Waals surface area contributed by atoms with Gasteiger partial charge >= 0.3 is 0 Å². The Morgan fingerprint density at radius 2 is 0.471 bits per heavy atom. The van der Waals surface area contributed by atoms with Gasteiger partial charge in [-0.1, -0.05) is 336 Å². The number of aromatic nitrogens is 4. The van der Waals surface area contributed by atoms with Crippen LogP contribution in [0.25, 0.3) is 166 Å². The minimum absolute atomic E-state index is 0.224. The number of hydrogen-bond acceptors (Lipinski definition) is 2. The smallest absolute Gasteiger partial charge is 0.252 e. The molecule has 22 aromatic rings. The first-order valence-electron chi connectivity index (χ1n) is 41.4. The molecule has 0 unspecified atom stereocenters. The van der Waals surface area contributed by atoms with Gasteiger partial charge in [0.05, 0.1) is 78.3 Å². The molecule has 18 aromatic carbocycles. The van der Waals surface area contributed by atoms with Crippen molar-refractivity contribution in [1.29, 1.82) is 0 Å². The van der Waals surface area contributed by atoms with Crippen LogP contribution in [0.3, 0.4) is 0 Å². The van der Waals surface area contributed by atoms with E-state index < -0.39 is 0 Å². The van der Waals surface area contributed by atoms with E-state index in [1.807, 2.05) is 0 Å². The van der Waals surface area contributed by atoms with Crippen molar-refractivity contribution in [1.82, 2.24) is 18.3 Å². The van der Waals surface area contributed by atoms with Crippen LogP contribution in [0.4, 0.5) is 34.1 Å². The molecule has 4 aromatic heterocycles. The third-order valence-electron chi connectivity index (χ3n) is 25.5. The SMILES string of the molecule is CC(C)(C)c1ccccc1-c1cc2c3c(c1)N(c1ccccc1-c1ccccc1)c1cc(-c4cccc(-n5c6ccccc6c6ccccc65)c4-n4c5ccccc5c5ccccc54)ccc1B3c1ccc(-c3cccc(-n4c5ccccc5c5ccccc54)c3-n3c4ccccc4c4ccccc43)cc1N2c1ccccc1-c1ccccc1. The number of fused-ring (bicyclic) bond motifs is 16. The molecule has 2 aliphatic rings. The standard InChI is InChI=1S/C112H77BN6/c1-112(2,3)90-51-21-10-38-77(90)76-70-107-109-108(71-76)117(94-53-23-12-40-79(94)73-36-8-5-9-37-73)106-69-75(81-50-33-63-104(115-97-56-26-15-43-84(97)85-44-16-27-57-98(85)115)111(81)119-101-60-30-19-47-88(101)89-48-20-31-61-102(89)119)65-67-92(106)113(109)91-66-64-74(68-105(91)116(107)93-52-22-11-39-78(93)72-34-6-4-7-35-72)80-49-32-62-103(114-95-54-24-13-41-82(95)83-42-14-25-55-96(83)114)110(80)118-99-58-28-17-45-86(99)87-46-18-29-59-100(87)118/h4-71H,1-3H3. The summed E-state index contributed by atoms with van der Waals surface area (Å²) in [7, 11) is 0. The second kappa shape index (κ2) is 26.7. The fourth-order valence-electron chi connectivity index (χ4n) is 20.5. The van der Waals surface area contributed by atoms with Crippen LogP contribution in [0.15, 0.2) is 413 Å². The second-order valence-corrected chi connectivity index (χ2v) is 33.0. The Balaban J connectivity index is 0.836. The maximum absolute atomic E-state index is 2.66. The number of benzene rings is 18. The first-order valence-corrected chi connectivity index (χ1v) is 41.4. The first kappa shape index (κ1) is 68.2. The van der Waals surface area contributed by atoms with Gasteiger partial charge in [-0.3, -0.25) is 0 Å². The Morgan fingerprint density at radius 1 is 0.193 bits per heavy atom. The molecule has 0 spiro atoms. The van der Waals surface area contributed by atoms with Gasteiger partial charge in [0.25, 0.3) is 6.71 Å². The zero-order chi connectivity index (χ0) is 78.7. The molecule has 0 aliphatic carbocycles. The van der Waals surface area contributed by atoms with E-state index in [1.54, 1.807) is 0 Å². The maximum Gasteiger partial charge on any atom is 0.252 e. The summed E-state index contributed by atoms with van der Waals surface area (Å²) in [5.41, 5.74) is 36.1. The molecule has 2 aliphatic heterocycles. The zero-order valence-corrected chi connectivity index (χ0v) is 66.0. The van der Waals surface area contributed by atoms with Gasteiger partial charge in [0, 0.05) is 88.1 Å². The van der Waals surface area contributed by atoms with E-state index in [2.05, 4.69) is 461 Å². The lowest BCUT2D eigenvalue weighted by atomic mass is 9.33. The molecule has 0 atom stereocenters. The summed E-state index contributed by atoms with van der Waals surface area (Å²) in [6, 6.07) is 155. The maximum atomic E-state index is 2.66. The van der Waals surface area contributed by atoms with Gasteiger partial charge in [0.2, 0.25) is 0 Å². The van der Waals surface area contributed by atoms with Gasteiger partial charge in [-0.25, -0.2) is 0 Å². The summed E-state index contributed by atoms with van der Waals surface area (Å²) >= 11 is 0. The molecule has 7 heteroatoms. The molecule has 0 saturated heterocycles. The largest absolute Gasteiger partial charge is 0.311 e. The van der Waals surface area contributed by atoms with Crippen molar-refractivity contribution in [3.63, 3.8) is 0 Å². The van der Waals surface area contributed by atoms with Crippen LogP contribution in [0.2, 0.25) is 0 Å². The van der Waals surface area contributed by atoms with E-state index >= 15 is 0 Å². The molecule has 0 saturated carbocycles. The van der Waals surface area contributed by atoms with Crippen molar-refractivity contribution < 1.29 is 0 Å². The van der Waals surface area contributed by atoms with Crippen LogP contribution < -0.4 is 26.2 Å². The van der Waals surface area contributed by atoms with Crippen LogP contribution in [0.1, 0.15) is 26.3 Å². The molecule has 0 bridgehead atoms. The van der Waals surface area contributed by atoms with E-state index in [0.29, 0.717) is 0 Å². The van der Waals surface area contributed by atoms with Crippen molar-refractivity contribution in [3.05, 3.63) is 418 Å². The van der Waals surface area contributed by atoms with Gasteiger partial charge < -0.3 is 28.1 Å². The summed E-state index contributed by atoms with van der Waals surface area (Å²) in [5.74, 6) is 0. The molecular formula is C112H77BN6. The van der Waals surface area contributed by atoms with Crippen LogP contribution in [-0.2, 0) is 5.41 Å². The Kier molecular flexibility index (Phi) is 15.3. The third kappa shape index (κ3) is 10.3. The minimum atomic E-state index is -0.290. The van der Waals surface area contributed by atoms with Crippen molar-refractivity contribution in [2.45, 2.75) is 26.2 Å². The van der Waals surface area contributed by atoms with Crippen LogP contribution in [0, 0.1) is 0 Å². The topological polar surface area (TPSA) is 26.2 Å². The van der Waals surface area contributed by atoms with E-state index in [9.17, 15) is 0 Å². The lowest BCUT2D eigenvalue weighted by molar-refractivity contribution is 0.592. The Bertz CT molecular complexity index is 7290. The lowest BCUT2D eigenvalue weighted by Gasteiger charge is -2.45. The quantitative estimate of drug-likeness (QED) is 0.121. The average molecular weight is 1520 g/mol. The molecule has 24 rings (SSSR count). The van der Waals surface area contributed by atoms with Crippen molar-refractivity contribution in [2.75, 3.05) is 9.80 Å². The zero-order valence-electron chi connectivity index (χ0n) is 66.0. The highest BCUT2D eigenvalue weighted by atomic mass is 15.2. The Hall–Kier alpha value is -15.2. The fraction of sp³-hybridized carbons (Fsp3) is 0.0357. The number of para-hydroxylation sites is 12. The lowest BCUT2D eigenvalue weighted by Crippen LogP contribution is -2.61. The summed E-state index contributed by atoms with van der Waals surface area (Å²) in [5, 5.41) is 9.66. The number of anilines is 6. The van der Waals surface area contributed by atoms with E-state index in [1.165, 1.54) is 70.6 Å². The molecule has 0 N–H and O–H groups in total. The average Bonchev–Trinajstić information content (AvgIpc) is 0.885. The van der Waals surface area contributed by atoms with E-state index in [4.69, 9.17) is 0 Å². The summed E-state index contributed by atoms with van der Waals surface area (Å²) in [6.45, 7) is 6.79. The van der Waals surface area contributed by atoms with Crippen molar-refractivity contribution >= 4 is 144 Å². The highest BCUT2D eigenvalue weighted by Crippen LogP contribution is 2.54. The highest BCUT2D eigenvalue weighted by Gasteiger charge is 2.45. The third-order valence-corrected chi connectivity index (χ3v) is 25.5. The summed E-state index contributed by atoms with van der Waals surface area (Å²) in [6.07, 6.45) is 0. The van der Waals surface area contributed by atoms with Gasteiger partial charge in [0.1, 0.15) is 0 Å². The predicted molar refractivity (Wildman–Crippen MR) is 504 cm³/mol. The van der Waals surface area contributed by atoms with E-state index in [0.717, 1.165) is 151 Å². The molecule has 0 radical (unpaired) electrons. The van der Waals surface area contributed by atoms with Crippen molar-refractivity contribution in [2.24, 2.45) is 0 Å². The molecule has 6 heterocycles. The first-order chi connectivity index (χ1) is 58.8. The normalized spacial score (nSPS) is 12.6. The highest BCUT2D eigenvalue weighted by molar-refractivity contribution is 7.00. The Morgan fingerprint density at radius 3 is 0.824 bits per heavy atom. The molecule has 6 nitrogen and oxygen atoms in total. The number of nitrogens with zero attached hydrogens (tertiary/aromatic N) is 6. The van der Waals surface area contributed by atoms with Gasteiger partial charge in [-0.15, -0.1) is 0 Å². The number of hydrogen-bond donors (Lipinski definition) is 0. The molecule has 558 valence electrons. The molecule has 119 heavy (non-hydrogen) atoms.